The van der Waals surface area contributed by atoms with E-state index < -0.39 is 0 Å². The number of nitrogens with one attached hydrogen (secondary N) is 2. The number of aryl methyl sites for hydroxylation is 1. The van der Waals surface area contributed by atoms with E-state index in [1.807, 2.05) is 25.1 Å². The lowest BCUT2D eigenvalue weighted by Crippen LogP contribution is -2.32. The van der Waals surface area contributed by atoms with Crippen LogP contribution in [0.5, 0.6) is 0 Å². The van der Waals surface area contributed by atoms with Crippen molar-refractivity contribution in [3.63, 3.8) is 0 Å². The van der Waals surface area contributed by atoms with Gasteiger partial charge in [-0.25, -0.2) is 4.79 Å². The summed E-state index contributed by atoms with van der Waals surface area (Å²) in [5.74, 6) is -0.244. The Kier molecular flexibility index (Phi) is 8.07. The maximum absolute atomic E-state index is 12.8. The summed E-state index contributed by atoms with van der Waals surface area (Å²) in [5, 5.41) is 8.09. The summed E-state index contributed by atoms with van der Waals surface area (Å²) in [5.41, 5.74) is 3.04. The summed E-state index contributed by atoms with van der Waals surface area (Å²) in [6.45, 7) is 4.35. The van der Waals surface area contributed by atoms with Gasteiger partial charge >= 0.3 is 5.97 Å². The molecule has 29 heavy (non-hydrogen) atoms. The Balaban J connectivity index is 1.82. The number of carbonyl (C=O) groups excluding carboxylic acids is 1. The van der Waals surface area contributed by atoms with Gasteiger partial charge in [0.05, 0.1) is 18.2 Å². The molecule has 2 aromatic rings. The van der Waals surface area contributed by atoms with E-state index in [2.05, 4.69) is 29.7 Å². The summed E-state index contributed by atoms with van der Waals surface area (Å²) in [7, 11) is 0. The number of anilines is 1. The molecule has 156 valence electrons. The fraction of sp³-hybridized carbons (Fsp3) is 0.478. The van der Waals surface area contributed by atoms with Crippen LogP contribution in [0.15, 0.2) is 30.3 Å². The van der Waals surface area contributed by atoms with E-state index in [-0.39, 0.29) is 12.0 Å². The molecule has 0 bridgehead atoms. The Morgan fingerprint density at radius 2 is 1.86 bits per heavy atom. The van der Waals surface area contributed by atoms with Gasteiger partial charge in [0, 0.05) is 4.88 Å². The first-order chi connectivity index (χ1) is 14.1. The molecule has 1 aromatic heterocycles. The van der Waals surface area contributed by atoms with E-state index in [9.17, 15) is 4.79 Å². The molecule has 1 heterocycles. The number of thiocarbonyl (C=S) groups is 1. The van der Waals surface area contributed by atoms with Gasteiger partial charge in [-0.1, -0.05) is 50.1 Å². The monoisotopic (exact) mass is 430 g/mol. The molecule has 0 radical (unpaired) electrons. The fourth-order valence-corrected chi connectivity index (χ4v) is 5.42. The number of ether oxygens (including phenoxy) is 1. The van der Waals surface area contributed by atoms with Crippen molar-refractivity contribution in [2.24, 2.45) is 0 Å². The molecule has 0 fully saturated rings. The first kappa shape index (κ1) is 21.8. The summed E-state index contributed by atoms with van der Waals surface area (Å²) in [6.07, 6.45) is 7.63. The molecule has 0 saturated carbocycles. The van der Waals surface area contributed by atoms with E-state index in [0.717, 1.165) is 36.2 Å². The van der Waals surface area contributed by atoms with Crippen molar-refractivity contribution >= 4 is 39.6 Å². The Morgan fingerprint density at radius 3 is 2.55 bits per heavy atom. The molecule has 1 aromatic carbocycles. The number of carbonyl (C=O) groups is 1. The van der Waals surface area contributed by atoms with E-state index in [4.69, 9.17) is 17.0 Å². The first-order valence-corrected chi connectivity index (χ1v) is 11.8. The molecule has 4 nitrogen and oxygen atoms in total. The van der Waals surface area contributed by atoms with E-state index >= 15 is 0 Å². The van der Waals surface area contributed by atoms with Gasteiger partial charge < -0.3 is 15.4 Å². The minimum Gasteiger partial charge on any atom is -0.462 e. The Bertz CT molecular complexity index is 833. The maximum atomic E-state index is 12.8. The van der Waals surface area contributed by atoms with Gasteiger partial charge in [0.2, 0.25) is 0 Å². The third-order valence-electron chi connectivity index (χ3n) is 5.29. The van der Waals surface area contributed by atoms with Crippen LogP contribution < -0.4 is 10.6 Å². The average Bonchev–Trinajstić information content (AvgIpc) is 3.03. The van der Waals surface area contributed by atoms with E-state index in [1.54, 1.807) is 11.3 Å². The van der Waals surface area contributed by atoms with Crippen molar-refractivity contribution in [1.82, 2.24) is 5.32 Å². The quantitative estimate of drug-likeness (QED) is 0.433. The molecule has 0 aliphatic heterocycles. The number of hydrogen-bond acceptors (Lipinski definition) is 4. The van der Waals surface area contributed by atoms with Gasteiger partial charge in [0.15, 0.2) is 5.11 Å². The third-order valence-corrected chi connectivity index (χ3v) is 6.72. The third kappa shape index (κ3) is 5.58. The highest BCUT2D eigenvalue weighted by Gasteiger charge is 2.26. The van der Waals surface area contributed by atoms with Crippen LogP contribution in [-0.2, 0) is 17.6 Å². The summed E-state index contributed by atoms with van der Waals surface area (Å²) in [4.78, 5) is 14.1. The van der Waals surface area contributed by atoms with Crippen LogP contribution in [0.25, 0.3) is 0 Å². The van der Waals surface area contributed by atoms with Crippen LogP contribution >= 0.6 is 23.6 Å². The molecular weight excluding hydrogens is 400 g/mol. The van der Waals surface area contributed by atoms with Gasteiger partial charge in [-0.05, 0) is 62.4 Å². The molecular formula is C23H30N2O2S2. The zero-order valence-corrected chi connectivity index (χ0v) is 18.9. The van der Waals surface area contributed by atoms with Crippen LogP contribution in [0.3, 0.4) is 0 Å². The standard InChI is InChI=1S/C23H30N2O2S2/c1-3-18(16-12-8-7-9-13-16)24-23(28)25-21-20(22(26)27-4-2)17-14-10-5-6-11-15-19(17)29-21/h7-9,12-13,18H,3-6,10-11,14-15H2,1-2H3,(H2,24,25,28). The number of benzene rings is 1. The molecule has 3 rings (SSSR count). The van der Waals surface area contributed by atoms with Crippen LogP contribution in [0.4, 0.5) is 5.00 Å². The predicted octanol–water partition coefficient (Wildman–Crippen LogP) is 6.02. The minimum atomic E-state index is -0.244. The molecule has 2 N–H and O–H groups in total. The number of rotatable bonds is 6. The van der Waals surface area contributed by atoms with Crippen LogP contribution in [-0.4, -0.2) is 17.7 Å². The van der Waals surface area contributed by atoms with E-state index in [1.165, 1.54) is 29.7 Å². The topological polar surface area (TPSA) is 50.4 Å². The molecule has 1 unspecified atom stereocenters. The smallest absolute Gasteiger partial charge is 0.341 e. The Labute approximate surface area is 183 Å². The zero-order chi connectivity index (χ0) is 20.6. The molecule has 1 aliphatic carbocycles. The van der Waals surface area contributed by atoms with Crippen molar-refractivity contribution in [1.29, 1.82) is 0 Å². The van der Waals surface area contributed by atoms with E-state index in [0.29, 0.717) is 17.3 Å². The van der Waals surface area contributed by atoms with Gasteiger partial charge in [0.1, 0.15) is 5.00 Å². The van der Waals surface area contributed by atoms with Crippen LogP contribution in [0, 0.1) is 0 Å². The summed E-state index contributed by atoms with van der Waals surface area (Å²) >= 11 is 7.27. The Morgan fingerprint density at radius 1 is 1.14 bits per heavy atom. The largest absolute Gasteiger partial charge is 0.462 e. The highest BCUT2D eigenvalue weighted by molar-refractivity contribution is 7.80. The predicted molar refractivity (Wildman–Crippen MR) is 125 cm³/mol. The Hall–Kier alpha value is -1.92. The average molecular weight is 431 g/mol. The van der Waals surface area contributed by atoms with Crippen molar-refractivity contribution in [2.45, 2.75) is 64.8 Å². The van der Waals surface area contributed by atoms with Crippen molar-refractivity contribution in [2.75, 3.05) is 11.9 Å². The second-order valence-electron chi connectivity index (χ2n) is 7.31. The molecule has 0 spiro atoms. The number of fused-ring (bicyclic) bond motifs is 1. The van der Waals surface area contributed by atoms with Gasteiger partial charge in [-0.15, -0.1) is 11.3 Å². The van der Waals surface area contributed by atoms with Crippen molar-refractivity contribution in [3.05, 3.63) is 51.9 Å². The molecule has 0 amide bonds. The van der Waals surface area contributed by atoms with Gasteiger partial charge in [0.25, 0.3) is 0 Å². The highest BCUT2D eigenvalue weighted by atomic mass is 32.1. The maximum Gasteiger partial charge on any atom is 0.341 e. The number of hydrogen-bond donors (Lipinski definition) is 2. The minimum absolute atomic E-state index is 0.128. The van der Waals surface area contributed by atoms with Crippen molar-refractivity contribution in [3.8, 4) is 0 Å². The van der Waals surface area contributed by atoms with Crippen LogP contribution in [0.1, 0.15) is 78.4 Å². The second-order valence-corrected chi connectivity index (χ2v) is 8.83. The lowest BCUT2D eigenvalue weighted by Gasteiger charge is -2.20. The van der Waals surface area contributed by atoms with Gasteiger partial charge in [-0.2, -0.15) is 0 Å². The fourth-order valence-electron chi connectivity index (χ4n) is 3.83. The normalized spacial score (nSPS) is 14.8. The first-order valence-electron chi connectivity index (χ1n) is 10.6. The zero-order valence-electron chi connectivity index (χ0n) is 17.3. The molecule has 0 saturated heterocycles. The molecule has 6 heteroatoms. The van der Waals surface area contributed by atoms with Gasteiger partial charge in [-0.3, -0.25) is 0 Å². The molecule has 1 atom stereocenters. The number of thiophene rings is 1. The number of esters is 1. The SMILES string of the molecule is CCOC(=O)c1c(NC(=S)NC(CC)c2ccccc2)sc2c1CCCCCC2. The summed E-state index contributed by atoms with van der Waals surface area (Å²) in [6, 6.07) is 10.4. The lowest BCUT2D eigenvalue weighted by atomic mass is 9.96. The van der Waals surface area contributed by atoms with Crippen molar-refractivity contribution < 1.29 is 9.53 Å². The van der Waals surface area contributed by atoms with Crippen LogP contribution in [0.2, 0.25) is 0 Å². The molecule has 1 aliphatic rings. The lowest BCUT2D eigenvalue weighted by molar-refractivity contribution is 0.0526. The summed E-state index contributed by atoms with van der Waals surface area (Å²) < 4.78 is 5.38. The highest BCUT2D eigenvalue weighted by Crippen LogP contribution is 2.37. The second kappa shape index (κ2) is 10.7.